The van der Waals surface area contributed by atoms with Crippen LogP contribution in [-0.2, 0) is 14.8 Å². The molecule has 3 rings (SSSR count). The second kappa shape index (κ2) is 12.3. The third-order valence-electron chi connectivity index (χ3n) is 6.23. The first-order chi connectivity index (χ1) is 16.8. The van der Waals surface area contributed by atoms with E-state index in [1.807, 2.05) is 30.3 Å². The first kappa shape index (κ1) is 26.8. The minimum Gasteiger partial charge on any atom is -0.395 e. The van der Waals surface area contributed by atoms with E-state index >= 15 is 0 Å². The molecule has 8 nitrogen and oxygen atoms in total. The van der Waals surface area contributed by atoms with Crippen molar-refractivity contribution in [2.24, 2.45) is 5.92 Å². The summed E-state index contributed by atoms with van der Waals surface area (Å²) in [6.45, 7) is 6.71. The molecule has 0 radical (unpaired) electrons. The van der Waals surface area contributed by atoms with Crippen LogP contribution in [0.5, 0.6) is 0 Å². The Bertz CT molecular complexity index is 1130. The Morgan fingerprint density at radius 2 is 1.77 bits per heavy atom. The summed E-state index contributed by atoms with van der Waals surface area (Å²) in [5, 5.41) is 20.6. The van der Waals surface area contributed by atoms with E-state index in [4.69, 9.17) is 10.4 Å². The van der Waals surface area contributed by atoms with E-state index in [1.165, 1.54) is 4.31 Å². The Balaban J connectivity index is 1.79. The van der Waals surface area contributed by atoms with Crippen LogP contribution in [-0.4, -0.2) is 74.5 Å². The molecule has 2 aromatic carbocycles. The van der Waals surface area contributed by atoms with Crippen molar-refractivity contribution in [3.05, 3.63) is 54.1 Å². The van der Waals surface area contributed by atoms with Gasteiger partial charge in [-0.3, -0.25) is 9.69 Å². The number of carbonyl (C=O) groups excluding carboxylic acids is 1. The van der Waals surface area contributed by atoms with Crippen molar-refractivity contribution < 1.29 is 18.3 Å². The van der Waals surface area contributed by atoms with Gasteiger partial charge in [-0.25, -0.2) is 8.42 Å². The van der Waals surface area contributed by atoms with Crippen LogP contribution in [0, 0.1) is 17.2 Å². The molecule has 35 heavy (non-hydrogen) atoms. The first-order valence-corrected chi connectivity index (χ1v) is 13.4. The molecule has 1 fully saturated rings. The predicted molar refractivity (Wildman–Crippen MR) is 135 cm³/mol. The number of piperazine rings is 1. The molecule has 9 heteroatoms. The van der Waals surface area contributed by atoms with Gasteiger partial charge >= 0.3 is 0 Å². The average Bonchev–Trinajstić information content (AvgIpc) is 2.86. The molecule has 1 amide bonds. The van der Waals surface area contributed by atoms with Gasteiger partial charge in [0, 0.05) is 32.7 Å². The van der Waals surface area contributed by atoms with Crippen molar-refractivity contribution in [2.75, 3.05) is 45.9 Å². The van der Waals surface area contributed by atoms with Gasteiger partial charge in [0.25, 0.3) is 0 Å². The summed E-state index contributed by atoms with van der Waals surface area (Å²) in [4.78, 5) is 15.0. The minimum atomic E-state index is -3.59. The number of amides is 1. The Labute approximate surface area is 208 Å². The fourth-order valence-electron chi connectivity index (χ4n) is 4.35. The molecule has 2 N–H and O–H groups in total. The Hall–Kier alpha value is -2.77. The smallest absolute Gasteiger partial charge is 0.243 e. The van der Waals surface area contributed by atoms with Crippen LogP contribution in [0.3, 0.4) is 0 Å². The fraction of sp³-hybridized carbons (Fsp3) is 0.462. The maximum Gasteiger partial charge on any atom is 0.243 e. The van der Waals surface area contributed by atoms with Crippen LogP contribution < -0.4 is 5.32 Å². The van der Waals surface area contributed by atoms with Gasteiger partial charge in [0.2, 0.25) is 15.9 Å². The van der Waals surface area contributed by atoms with Crippen LogP contribution in [0.25, 0.3) is 11.1 Å². The van der Waals surface area contributed by atoms with Crippen LogP contribution in [0.2, 0.25) is 0 Å². The quantitative estimate of drug-likeness (QED) is 0.487. The summed E-state index contributed by atoms with van der Waals surface area (Å²) >= 11 is 0. The third kappa shape index (κ3) is 6.89. The van der Waals surface area contributed by atoms with E-state index in [1.54, 1.807) is 24.3 Å². The van der Waals surface area contributed by atoms with E-state index in [2.05, 4.69) is 24.1 Å². The monoisotopic (exact) mass is 498 g/mol. The van der Waals surface area contributed by atoms with Gasteiger partial charge in [0.05, 0.1) is 23.5 Å². The van der Waals surface area contributed by atoms with Crippen molar-refractivity contribution in [2.45, 2.75) is 31.1 Å². The fourth-order valence-corrected chi connectivity index (χ4v) is 5.78. The van der Waals surface area contributed by atoms with E-state index in [9.17, 15) is 13.2 Å². The molecule has 1 heterocycles. The molecule has 0 saturated carbocycles. The number of nitriles is 1. The highest BCUT2D eigenvalue weighted by Gasteiger charge is 2.28. The molecule has 2 aromatic rings. The highest BCUT2D eigenvalue weighted by atomic mass is 32.2. The van der Waals surface area contributed by atoms with E-state index in [0.29, 0.717) is 45.1 Å². The van der Waals surface area contributed by atoms with Gasteiger partial charge < -0.3 is 10.4 Å². The topological polar surface area (TPSA) is 114 Å². The number of nitrogens with one attached hydrogen (secondary N) is 1. The van der Waals surface area contributed by atoms with Gasteiger partial charge in [0.1, 0.15) is 6.54 Å². The standard InChI is InChI=1S/C26H34N4O4S/c1-20(2)18-25(26(32)28-11-10-27)23-5-3-4-22(19-23)21-6-8-24(9-7-21)35(33,34)30-14-12-29(13-15-30)16-17-31/h3-9,19-20,25,31H,11-18H2,1-2H3,(H,28,32). The molecule has 0 aromatic heterocycles. The summed E-state index contributed by atoms with van der Waals surface area (Å²) in [5.41, 5.74) is 2.62. The number of rotatable bonds is 10. The van der Waals surface area contributed by atoms with Crippen LogP contribution in [0.1, 0.15) is 31.7 Å². The lowest BCUT2D eigenvalue weighted by atomic mass is 9.88. The summed E-state index contributed by atoms with van der Waals surface area (Å²) in [6, 6.07) is 16.5. The predicted octanol–water partition coefficient (Wildman–Crippen LogP) is 2.42. The number of β-amino-alcohol motifs (C(OH)–C–C–N with tert-alkyl or cyclic N) is 1. The molecule has 1 atom stereocenters. The number of sulfonamides is 1. The SMILES string of the molecule is CC(C)CC(C(=O)NCC#N)c1cccc(-c2ccc(S(=O)(=O)N3CCN(CCO)CC3)cc2)c1. The summed E-state index contributed by atoms with van der Waals surface area (Å²) in [5.74, 6) is -0.239. The van der Waals surface area contributed by atoms with E-state index in [-0.39, 0.29) is 29.9 Å². The van der Waals surface area contributed by atoms with E-state index in [0.717, 1.165) is 16.7 Å². The molecule has 0 bridgehead atoms. The van der Waals surface area contributed by atoms with Gasteiger partial charge in [0.15, 0.2) is 0 Å². The summed E-state index contributed by atoms with van der Waals surface area (Å²) in [7, 11) is -3.59. The first-order valence-electron chi connectivity index (χ1n) is 11.9. The number of benzene rings is 2. The van der Waals surface area contributed by atoms with Crippen molar-refractivity contribution in [1.29, 1.82) is 5.26 Å². The second-order valence-corrected chi connectivity index (χ2v) is 11.1. The van der Waals surface area contributed by atoms with Crippen LogP contribution in [0.4, 0.5) is 0 Å². The number of aliphatic hydroxyl groups excluding tert-OH is 1. The van der Waals surface area contributed by atoms with Gasteiger partial charge in [-0.15, -0.1) is 0 Å². The molecule has 0 aliphatic carbocycles. The Morgan fingerprint density at radius 3 is 2.37 bits per heavy atom. The van der Waals surface area contributed by atoms with Crippen molar-refractivity contribution in [1.82, 2.24) is 14.5 Å². The average molecular weight is 499 g/mol. The maximum atomic E-state index is 13.1. The number of aliphatic hydroxyl groups is 1. The lowest BCUT2D eigenvalue weighted by molar-refractivity contribution is -0.122. The normalized spacial score (nSPS) is 16.1. The van der Waals surface area contributed by atoms with Crippen LogP contribution in [0.15, 0.2) is 53.4 Å². The third-order valence-corrected chi connectivity index (χ3v) is 8.14. The maximum absolute atomic E-state index is 13.1. The number of nitrogens with zero attached hydrogens (tertiary/aromatic N) is 3. The molecule has 188 valence electrons. The van der Waals surface area contributed by atoms with Gasteiger partial charge in [-0.1, -0.05) is 50.2 Å². The molecule has 1 saturated heterocycles. The van der Waals surface area contributed by atoms with Gasteiger partial charge in [-0.2, -0.15) is 9.57 Å². The molecular formula is C26H34N4O4S. The zero-order chi connectivity index (χ0) is 25.4. The Morgan fingerprint density at radius 1 is 1.09 bits per heavy atom. The molecular weight excluding hydrogens is 464 g/mol. The lowest BCUT2D eigenvalue weighted by Gasteiger charge is -2.33. The summed E-state index contributed by atoms with van der Waals surface area (Å²) in [6.07, 6.45) is 0.656. The van der Waals surface area contributed by atoms with E-state index < -0.39 is 10.0 Å². The molecule has 1 aliphatic rings. The Kier molecular flexibility index (Phi) is 9.40. The van der Waals surface area contributed by atoms with Crippen molar-refractivity contribution in [3.8, 4) is 17.2 Å². The highest BCUT2D eigenvalue weighted by Crippen LogP contribution is 2.29. The molecule has 0 spiro atoms. The second-order valence-electron chi connectivity index (χ2n) is 9.18. The summed E-state index contributed by atoms with van der Waals surface area (Å²) < 4.78 is 27.7. The van der Waals surface area contributed by atoms with Crippen molar-refractivity contribution >= 4 is 15.9 Å². The van der Waals surface area contributed by atoms with Crippen molar-refractivity contribution in [3.63, 3.8) is 0 Å². The number of carbonyl (C=O) groups is 1. The van der Waals surface area contributed by atoms with Crippen LogP contribution >= 0.6 is 0 Å². The number of hydrogen-bond acceptors (Lipinski definition) is 6. The van der Waals surface area contributed by atoms with Gasteiger partial charge in [-0.05, 0) is 41.2 Å². The minimum absolute atomic E-state index is 0.0282. The highest BCUT2D eigenvalue weighted by molar-refractivity contribution is 7.89. The zero-order valence-corrected chi connectivity index (χ0v) is 21.2. The lowest BCUT2D eigenvalue weighted by Crippen LogP contribution is -2.49. The number of hydrogen-bond donors (Lipinski definition) is 2. The molecule has 1 aliphatic heterocycles. The zero-order valence-electron chi connectivity index (χ0n) is 20.4. The largest absolute Gasteiger partial charge is 0.395 e. The molecule has 1 unspecified atom stereocenters.